The number of anilines is 2. The number of nitrogens with two attached hydrogens (primary N) is 1. The molecule has 0 bridgehead atoms. The van der Waals surface area contributed by atoms with Gasteiger partial charge in [-0.2, -0.15) is 9.97 Å². The highest BCUT2D eigenvalue weighted by Gasteiger charge is 2.24. The molecule has 1 aliphatic carbocycles. The Kier molecular flexibility index (Phi) is 7.81. The number of hydrogen-bond donors (Lipinski definition) is 2. The summed E-state index contributed by atoms with van der Waals surface area (Å²) < 4.78 is 35.1. The molecule has 1 saturated carbocycles. The number of hydrogen-bond acceptors (Lipinski definition) is 7. The largest absolute Gasteiger partial charge is 0.378 e. The lowest BCUT2D eigenvalue weighted by Gasteiger charge is -2.29. The molecule has 2 aliphatic rings. The number of aromatic nitrogens is 4. The smallest absolute Gasteiger partial charge is 0.296 e. The van der Waals surface area contributed by atoms with Crippen molar-refractivity contribution in [1.82, 2.24) is 19.5 Å². The zero-order chi connectivity index (χ0) is 23.7. The second-order valence-electron chi connectivity index (χ2n) is 9.22. The standard InChI is InChI=1S/C24H31F2N7O.CH4/c1-15-3-2-4-18-21(15)31-23(22(25)26)33(18)20-13-19(32-9-11-34-12-10-32)29-24(30-20)28-14-16-5-7-17(27)8-6-16;/h2-4,13,16-17,22H,5-12,14,27H2,1H3,(H,28,29,30);1H4. The minimum Gasteiger partial charge on any atom is -0.378 e. The number of nitrogens with one attached hydrogen (secondary N) is 1. The van der Waals surface area contributed by atoms with E-state index in [1.807, 2.05) is 19.1 Å². The number of ether oxygens (including phenoxy) is 1. The van der Waals surface area contributed by atoms with Crippen LogP contribution in [0.5, 0.6) is 0 Å². The summed E-state index contributed by atoms with van der Waals surface area (Å²) in [6.45, 7) is 5.16. The number of rotatable bonds is 6. The third-order valence-electron chi connectivity index (χ3n) is 6.81. The number of alkyl halides is 2. The molecule has 0 radical (unpaired) electrons. The topological polar surface area (TPSA) is 94.1 Å². The van der Waals surface area contributed by atoms with Crippen LogP contribution in [0.3, 0.4) is 0 Å². The van der Waals surface area contributed by atoms with Crippen LogP contribution in [0.15, 0.2) is 24.3 Å². The normalized spacial score (nSPS) is 20.8. The van der Waals surface area contributed by atoms with Crippen LogP contribution in [0, 0.1) is 12.8 Å². The van der Waals surface area contributed by atoms with Gasteiger partial charge >= 0.3 is 0 Å². The Labute approximate surface area is 204 Å². The van der Waals surface area contributed by atoms with Crippen molar-refractivity contribution in [3.8, 4) is 5.82 Å². The predicted molar refractivity (Wildman–Crippen MR) is 135 cm³/mol. The van der Waals surface area contributed by atoms with Gasteiger partial charge in [0.1, 0.15) is 11.6 Å². The Morgan fingerprint density at radius 2 is 1.80 bits per heavy atom. The maximum atomic E-state index is 14.1. The summed E-state index contributed by atoms with van der Waals surface area (Å²) in [5.74, 6) is 1.68. The van der Waals surface area contributed by atoms with Crippen LogP contribution in [0.2, 0.25) is 0 Å². The van der Waals surface area contributed by atoms with Crippen molar-refractivity contribution in [2.45, 2.75) is 52.5 Å². The van der Waals surface area contributed by atoms with Gasteiger partial charge in [0, 0.05) is 31.7 Å². The highest BCUT2D eigenvalue weighted by Crippen LogP contribution is 2.31. The highest BCUT2D eigenvalue weighted by molar-refractivity contribution is 5.81. The number of imidazole rings is 1. The van der Waals surface area contributed by atoms with Crippen LogP contribution in [0.25, 0.3) is 16.9 Å². The summed E-state index contributed by atoms with van der Waals surface area (Å²) in [5.41, 5.74) is 8.05. The third-order valence-corrected chi connectivity index (χ3v) is 6.81. The van der Waals surface area contributed by atoms with Crippen molar-refractivity contribution in [2.75, 3.05) is 43.1 Å². The molecule has 0 unspecified atom stereocenters. The van der Waals surface area contributed by atoms with E-state index in [1.54, 1.807) is 12.1 Å². The molecule has 8 nitrogen and oxygen atoms in total. The summed E-state index contributed by atoms with van der Waals surface area (Å²) in [6.07, 6.45) is 1.42. The molecule has 35 heavy (non-hydrogen) atoms. The molecule has 0 amide bonds. The number of morpholine rings is 1. The third kappa shape index (κ3) is 5.38. The number of fused-ring (bicyclic) bond motifs is 1. The first-order valence-electron chi connectivity index (χ1n) is 12.0. The molecule has 1 aliphatic heterocycles. The molecule has 0 spiro atoms. The minimum atomic E-state index is -2.74. The SMILES string of the molecule is C.Cc1cccc2c1nc(C(F)F)n2-c1cc(N2CCOCC2)nc(NCC2CCC(N)CC2)n1. The van der Waals surface area contributed by atoms with E-state index in [0.29, 0.717) is 60.8 Å². The van der Waals surface area contributed by atoms with Gasteiger partial charge in [-0.15, -0.1) is 0 Å². The van der Waals surface area contributed by atoms with Gasteiger partial charge < -0.3 is 20.7 Å². The quantitative estimate of drug-likeness (QED) is 0.530. The van der Waals surface area contributed by atoms with E-state index in [0.717, 1.165) is 37.8 Å². The lowest BCUT2D eigenvalue weighted by molar-refractivity contribution is 0.122. The Morgan fingerprint density at radius 3 is 2.51 bits per heavy atom. The van der Waals surface area contributed by atoms with Gasteiger partial charge in [-0.1, -0.05) is 19.6 Å². The van der Waals surface area contributed by atoms with Crippen molar-refractivity contribution in [2.24, 2.45) is 11.7 Å². The summed E-state index contributed by atoms with van der Waals surface area (Å²) in [6, 6.07) is 7.58. The second kappa shape index (κ2) is 10.8. The summed E-state index contributed by atoms with van der Waals surface area (Å²) in [5, 5.41) is 3.38. The van der Waals surface area contributed by atoms with Gasteiger partial charge in [0.2, 0.25) is 5.95 Å². The van der Waals surface area contributed by atoms with Gasteiger partial charge in [-0.3, -0.25) is 4.57 Å². The zero-order valence-electron chi connectivity index (χ0n) is 19.4. The average Bonchev–Trinajstić information content (AvgIpc) is 3.26. The molecule has 5 rings (SSSR count). The molecule has 2 fully saturated rings. The molecule has 190 valence electrons. The van der Waals surface area contributed by atoms with E-state index in [-0.39, 0.29) is 19.3 Å². The lowest BCUT2D eigenvalue weighted by atomic mass is 9.86. The molecule has 3 heterocycles. The number of benzene rings is 1. The molecular formula is C25H35F2N7O. The first-order valence-corrected chi connectivity index (χ1v) is 12.0. The molecule has 3 aromatic rings. The van der Waals surface area contributed by atoms with Crippen molar-refractivity contribution in [1.29, 1.82) is 0 Å². The van der Waals surface area contributed by atoms with Gasteiger partial charge in [0.25, 0.3) is 6.43 Å². The number of aryl methyl sites for hydroxylation is 1. The van der Waals surface area contributed by atoms with Crippen molar-refractivity contribution in [3.05, 3.63) is 35.7 Å². The van der Waals surface area contributed by atoms with Crippen molar-refractivity contribution >= 4 is 22.8 Å². The molecule has 0 atom stereocenters. The number of nitrogens with zero attached hydrogens (tertiary/aromatic N) is 5. The van der Waals surface area contributed by atoms with Gasteiger partial charge in [-0.25, -0.2) is 13.8 Å². The van der Waals surface area contributed by atoms with E-state index in [4.69, 9.17) is 15.5 Å². The Balaban J connectivity index is 0.00000289. The molecular weight excluding hydrogens is 452 g/mol. The first kappa shape index (κ1) is 25.2. The van der Waals surface area contributed by atoms with E-state index in [2.05, 4.69) is 20.2 Å². The monoisotopic (exact) mass is 487 g/mol. The van der Waals surface area contributed by atoms with Gasteiger partial charge in [0.05, 0.1) is 24.2 Å². The highest BCUT2D eigenvalue weighted by atomic mass is 19.3. The second-order valence-corrected chi connectivity index (χ2v) is 9.22. The van der Waals surface area contributed by atoms with Gasteiger partial charge in [-0.05, 0) is 50.2 Å². The first-order chi connectivity index (χ1) is 16.5. The summed E-state index contributed by atoms with van der Waals surface area (Å²) in [4.78, 5) is 15.8. The van der Waals surface area contributed by atoms with Crippen molar-refractivity contribution in [3.63, 3.8) is 0 Å². The van der Waals surface area contributed by atoms with Crippen LogP contribution in [-0.2, 0) is 4.74 Å². The van der Waals surface area contributed by atoms with E-state index < -0.39 is 6.43 Å². The van der Waals surface area contributed by atoms with Crippen LogP contribution >= 0.6 is 0 Å². The molecule has 1 aromatic carbocycles. The number of halogens is 2. The van der Waals surface area contributed by atoms with E-state index in [9.17, 15) is 8.78 Å². The fraction of sp³-hybridized carbons (Fsp3) is 0.560. The van der Waals surface area contributed by atoms with Crippen LogP contribution in [0.1, 0.15) is 50.9 Å². The summed E-state index contributed by atoms with van der Waals surface area (Å²) in [7, 11) is 0. The fourth-order valence-electron chi connectivity index (χ4n) is 4.84. The predicted octanol–water partition coefficient (Wildman–Crippen LogP) is 4.46. The fourth-order valence-corrected chi connectivity index (χ4v) is 4.84. The average molecular weight is 488 g/mol. The molecule has 2 aromatic heterocycles. The zero-order valence-corrected chi connectivity index (χ0v) is 19.4. The molecule has 1 saturated heterocycles. The Bertz CT molecular complexity index is 1140. The molecule has 10 heteroatoms. The van der Waals surface area contributed by atoms with E-state index in [1.165, 1.54) is 4.57 Å². The maximum absolute atomic E-state index is 14.1. The summed E-state index contributed by atoms with van der Waals surface area (Å²) >= 11 is 0. The Morgan fingerprint density at radius 1 is 1.09 bits per heavy atom. The molecule has 3 N–H and O–H groups in total. The number of para-hydroxylation sites is 1. The van der Waals surface area contributed by atoms with Crippen LogP contribution in [0.4, 0.5) is 20.5 Å². The van der Waals surface area contributed by atoms with Gasteiger partial charge in [0.15, 0.2) is 5.82 Å². The Hall–Kier alpha value is -2.85. The maximum Gasteiger partial charge on any atom is 0.296 e. The van der Waals surface area contributed by atoms with Crippen molar-refractivity contribution < 1.29 is 13.5 Å². The van der Waals surface area contributed by atoms with Crippen LogP contribution < -0.4 is 16.0 Å². The van der Waals surface area contributed by atoms with E-state index >= 15 is 0 Å². The van der Waals surface area contributed by atoms with Crippen LogP contribution in [-0.4, -0.2) is 58.4 Å². The lowest BCUT2D eigenvalue weighted by Crippen LogP contribution is -2.37. The minimum absolute atomic E-state index is 0.